The number of carbonyl (C=O) groups excluding carboxylic acids is 1. The second kappa shape index (κ2) is 4.80. The van der Waals surface area contributed by atoms with Gasteiger partial charge in [-0.25, -0.2) is 0 Å². The number of aryl methyl sites for hydroxylation is 2. The number of hydrogen-bond acceptors (Lipinski definition) is 2. The molecule has 2 aromatic rings. The number of carbonyl (C=O) groups is 1. The highest BCUT2D eigenvalue weighted by atomic mass is 79.9. The van der Waals surface area contributed by atoms with Gasteiger partial charge < -0.3 is 0 Å². The lowest BCUT2D eigenvalue weighted by atomic mass is 10.0. The first kappa shape index (κ1) is 12.0. The summed E-state index contributed by atoms with van der Waals surface area (Å²) in [7, 11) is 0. The smallest absolute Gasteiger partial charge is 0.194 e. The molecular formula is C14H12BrNO. The molecule has 1 heterocycles. The minimum Gasteiger partial charge on any atom is -0.289 e. The zero-order valence-electron chi connectivity index (χ0n) is 9.70. The summed E-state index contributed by atoms with van der Waals surface area (Å²) in [6.07, 6.45) is 3.34. The molecule has 2 rings (SSSR count). The zero-order valence-corrected chi connectivity index (χ0v) is 11.3. The van der Waals surface area contributed by atoms with E-state index >= 15 is 0 Å². The minimum atomic E-state index is 0.00519. The first-order valence-corrected chi connectivity index (χ1v) is 6.09. The van der Waals surface area contributed by atoms with E-state index in [0.717, 1.165) is 15.6 Å². The van der Waals surface area contributed by atoms with E-state index in [0.29, 0.717) is 11.1 Å². The van der Waals surface area contributed by atoms with Crippen molar-refractivity contribution in [2.24, 2.45) is 0 Å². The Kier molecular flexibility index (Phi) is 3.38. The van der Waals surface area contributed by atoms with Crippen molar-refractivity contribution >= 4 is 21.7 Å². The van der Waals surface area contributed by atoms with Crippen LogP contribution in [0.5, 0.6) is 0 Å². The average molecular weight is 290 g/mol. The highest BCUT2D eigenvalue weighted by molar-refractivity contribution is 9.10. The zero-order chi connectivity index (χ0) is 12.4. The lowest BCUT2D eigenvalue weighted by Gasteiger charge is -2.04. The first-order chi connectivity index (χ1) is 8.06. The molecule has 0 atom stereocenters. The maximum absolute atomic E-state index is 12.2. The van der Waals surface area contributed by atoms with Crippen molar-refractivity contribution in [1.82, 2.24) is 4.98 Å². The predicted molar refractivity (Wildman–Crippen MR) is 71.3 cm³/mol. The number of rotatable bonds is 2. The lowest BCUT2D eigenvalue weighted by Crippen LogP contribution is -2.02. The summed E-state index contributed by atoms with van der Waals surface area (Å²) < 4.78 is 0.918. The van der Waals surface area contributed by atoms with Crippen molar-refractivity contribution in [1.29, 1.82) is 0 Å². The molecule has 0 saturated heterocycles. The van der Waals surface area contributed by atoms with Gasteiger partial charge in [0.15, 0.2) is 5.78 Å². The van der Waals surface area contributed by atoms with E-state index in [-0.39, 0.29) is 5.78 Å². The van der Waals surface area contributed by atoms with Gasteiger partial charge in [0.05, 0.1) is 0 Å². The SMILES string of the molecule is Cc1cncc(C(=O)c2cc(C)cc(Br)c2)c1. The first-order valence-electron chi connectivity index (χ1n) is 5.30. The molecule has 0 saturated carbocycles. The standard InChI is InChI=1S/C14H12BrNO/c1-9-3-11(6-13(15)5-9)14(17)12-4-10(2)7-16-8-12/h3-8H,1-2H3. The van der Waals surface area contributed by atoms with E-state index < -0.39 is 0 Å². The van der Waals surface area contributed by atoms with Crippen LogP contribution in [-0.4, -0.2) is 10.8 Å². The molecule has 0 aliphatic rings. The molecule has 2 nitrogen and oxygen atoms in total. The van der Waals surface area contributed by atoms with Crippen molar-refractivity contribution in [3.63, 3.8) is 0 Å². The molecule has 0 fully saturated rings. The molecule has 0 radical (unpaired) electrons. The molecule has 1 aromatic heterocycles. The average Bonchev–Trinajstić information content (AvgIpc) is 2.26. The van der Waals surface area contributed by atoms with Crippen LogP contribution < -0.4 is 0 Å². The molecule has 0 aliphatic heterocycles. The molecule has 17 heavy (non-hydrogen) atoms. The largest absolute Gasteiger partial charge is 0.289 e. The van der Waals surface area contributed by atoms with Crippen LogP contribution in [0.3, 0.4) is 0 Å². The topological polar surface area (TPSA) is 30.0 Å². The summed E-state index contributed by atoms with van der Waals surface area (Å²) in [5.41, 5.74) is 3.36. The molecule has 0 bridgehead atoms. The van der Waals surface area contributed by atoms with Crippen molar-refractivity contribution < 1.29 is 4.79 Å². The molecule has 0 amide bonds. The third-order valence-corrected chi connectivity index (χ3v) is 2.90. The maximum Gasteiger partial charge on any atom is 0.194 e. The van der Waals surface area contributed by atoms with Gasteiger partial charge in [0.2, 0.25) is 0 Å². The van der Waals surface area contributed by atoms with E-state index in [1.807, 2.05) is 38.1 Å². The number of hydrogen-bond donors (Lipinski definition) is 0. The van der Waals surface area contributed by atoms with Crippen molar-refractivity contribution in [2.45, 2.75) is 13.8 Å². The molecular weight excluding hydrogens is 278 g/mol. The normalized spacial score (nSPS) is 10.3. The van der Waals surface area contributed by atoms with Crippen molar-refractivity contribution in [3.8, 4) is 0 Å². The number of aromatic nitrogens is 1. The number of ketones is 1. The van der Waals surface area contributed by atoms with E-state index in [1.54, 1.807) is 12.4 Å². The third kappa shape index (κ3) is 2.80. The molecule has 1 aromatic carbocycles. The fraction of sp³-hybridized carbons (Fsp3) is 0.143. The Balaban J connectivity index is 2.43. The Morgan fingerprint density at radius 3 is 2.35 bits per heavy atom. The van der Waals surface area contributed by atoms with Crippen molar-refractivity contribution in [3.05, 3.63) is 63.4 Å². The Bertz CT molecular complexity index is 558. The Hall–Kier alpha value is -1.48. The summed E-state index contributed by atoms with van der Waals surface area (Å²) >= 11 is 3.40. The van der Waals surface area contributed by atoms with Gasteiger partial charge in [0.1, 0.15) is 0 Å². The number of benzene rings is 1. The third-order valence-electron chi connectivity index (χ3n) is 2.44. The van der Waals surface area contributed by atoms with Crippen LogP contribution in [0.25, 0.3) is 0 Å². The van der Waals surface area contributed by atoms with Crippen LogP contribution in [0.1, 0.15) is 27.0 Å². The van der Waals surface area contributed by atoms with Gasteiger partial charge >= 0.3 is 0 Å². The van der Waals surface area contributed by atoms with Gasteiger partial charge in [-0.15, -0.1) is 0 Å². The second-order valence-electron chi connectivity index (χ2n) is 4.10. The van der Waals surface area contributed by atoms with E-state index in [9.17, 15) is 4.79 Å². The second-order valence-corrected chi connectivity index (χ2v) is 5.01. The van der Waals surface area contributed by atoms with Crippen LogP contribution >= 0.6 is 15.9 Å². The molecule has 0 spiro atoms. The molecule has 0 aliphatic carbocycles. The summed E-state index contributed by atoms with van der Waals surface area (Å²) in [4.78, 5) is 16.3. The Morgan fingerprint density at radius 2 is 1.71 bits per heavy atom. The van der Waals surface area contributed by atoms with Gasteiger partial charge in [0.25, 0.3) is 0 Å². The molecule has 86 valence electrons. The van der Waals surface area contributed by atoms with Gasteiger partial charge in [-0.1, -0.05) is 15.9 Å². The van der Waals surface area contributed by atoms with Gasteiger partial charge in [-0.2, -0.15) is 0 Å². The molecule has 0 N–H and O–H groups in total. The highest BCUT2D eigenvalue weighted by Gasteiger charge is 2.10. The maximum atomic E-state index is 12.2. The number of halogens is 1. The van der Waals surface area contributed by atoms with Crippen LogP contribution in [0, 0.1) is 13.8 Å². The van der Waals surface area contributed by atoms with E-state index in [1.165, 1.54) is 0 Å². The van der Waals surface area contributed by atoms with Crippen molar-refractivity contribution in [2.75, 3.05) is 0 Å². The Labute approximate surface area is 109 Å². The molecule has 0 unspecified atom stereocenters. The highest BCUT2D eigenvalue weighted by Crippen LogP contribution is 2.18. The summed E-state index contributed by atoms with van der Waals surface area (Å²) in [5.74, 6) is 0.00519. The van der Waals surface area contributed by atoms with Gasteiger partial charge in [-0.05, 0) is 49.2 Å². The lowest BCUT2D eigenvalue weighted by molar-refractivity contribution is 0.103. The molecule has 3 heteroatoms. The summed E-state index contributed by atoms with van der Waals surface area (Å²) in [5, 5.41) is 0. The summed E-state index contributed by atoms with van der Waals surface area (Å²) in [6.45, 7) is 3.89. The minimum absolute atomic E-state index is 0.00519. The van der Waals surface area contributed by atoms with Crippen LogP contribution in [-0.2, 0) is 0 Å². The van der Waals surface area contributed by atoms with Crippen LogP contribution in [0.4, 0.5) is 0 Å². The summed E-state index contributed by atoms with van der Waals surface area (Å²) in [6, 6.07) is 7.55. The van der Waals surface area contributed by atoms with Crippen LogP contribution in [0.2, 0.25) is 0 Å². The van der Waals surface area contributed by atoms with E-state index in [2.05, 4.69) is 20.9 Å². The quantitative estimate of drug-likeness (QED) is 0.789. The number of nitrogens with zero attached hydrogens (tertiary/aromatic N) is 1. The number of pyridine rings is 1. The van der Waals surface area contributed by atoms with E-state index in [4.69, 9.17) is 0 Å². The Morgan fingerprint density at radius 1 is 1.00 bits per heavy atom. The van der Waals surface area contributed by atoms with Gasteiger partial charge in [-0.3, -0.25) is 9.78 Å². The fourth-order valence-electron chi connectivity index (χ4n) is 1.71. The fourth-order valence-corrected chi connectivity index (χ4v) is 2.32. The predicted octanol–water partition coefficient (Wildman–Crippen LogP) is 3.69. The van der Waals surface area contributed by atoms with Crippen LogP contribution in [0.15, 0.2) is 41.1 Å². The van der Waals surface area contributed by atoms with Gasteiger partial charge in [0, 0.05) is 28.0 Å². The monoisotopic (exact) mass is 289 g/mol.